The molecule has 19 heavy (non-hydrogen) atoms. The first-order chi connectivity index (χ1) is 8.88. The summed E-state index contributed by atoms with van der Waals surface area (Å²) in [7, 11) is 0. The summed E-state index contributed by atoms with van der Waals surface area (Å²) in [5.41, 5.74) is 0.691. The van der Waals surface area contributed by atoms with Crippen molar-refractivity contribution in [2.45, 2.75) is 32.2 Å². The Balaban J connectivity index is 2.21. The quantitative estimate of drug-likeness (QED) is 0.790. The Kier molecular flexibility index (Phi) is 3.60. The van der Waals surface area contributed by atoms with Gasteiger partial charge in [-0.3, -0.25) is 9.59 Å². The highest BCUT2D eigenvalue weighted by molar-refractivity contribution is 6.03. The maximum Gasteiger partial charge on any atom is 0.233 e. The van der Waals surface area contributed by atoms with Crippen LogP contribution in [0.25, 0.3) is 0 Å². The average Bonchev–Trinajstić information content (AvgIpc) is 2.70. The second-order valence-corrected chi connectivity index (χ2v) is 5.98. The van der Waals surface area contributed by atoms with Crippen LogP contribution < -0.4 is 10.6 Å². The number of carbonyl (C=O) groups excluding carboxylic acids is 2. The number of amides is 2. The molecule has 2 atom stereocenters. The van der Waals surface area contributed by atoms with E-state index in [2.05, 4.69) is 10.6 Å². The minimum absolute atomic E-state index is 0.0870. The van der Waals surface area contributed by atoms with Crippen molar-refractivity contribution in [2.75, 3.05) is 6.54 Å². The Bertz CT molecular complexity index is 477. The van der Waals surface area contributed by atoms with Gasteiger partial charge < -0.3 is 10.6 Å². The lowest BCUT2D eigenvalue weighted by Crippen LogP contribution is -2.46. The van der Waals surface area contributed by atoms with E-state index >= 15 is 0 Å². The minimum atomic E-state index is -0.637. The van der Waals surface area contributed by atoms with Gasteiger partial charge in [0.05, 0.1) is 0 Å². The molecule has 0 spiro atoms. The van der Waals surface area contributed by atoms with E-state index in [0.29, 0.717) is 6.54 Å². The first-order valence-corrected chi connectivity index (χ1v) is 6.53. The molecule has 1 aromatic carbocycles. The number of carbonyl (C=O) groups is 2. The molecule has 0 bridgehead atoms. The van der Waals surface area contributed by atoms with Gasteiger partial charge in [-0.1, -0.05) is 30.3 Å². The van der Waals surface area contributed by atoms with Crippen molar-refractivity contribution in [3.05, 3.63) is 35.9 Å². The second-order valence-electron chi connectivity index (χ2n) is 5.98. The molecule has 102 valence electrons. The van der Waals surface area contributed by atoms with Gasteiger partial charge in [0, 0.05) is 18.0 Å². The van der Waals surface area contributed by atoms with Crippen molar-refractivity contribution in [2.24, 2.45) is 5.92 Å². The number of benzene rings is 1. The lowest BCUT2D eigenvalue weighted by molar-refractivity contribution is -0.134. The fourth-order valence-electron chi connectivity index (χ4n) is 2.38. The van der Waals surface area contributed by atoms with Gasteiger partial charge in [0.25, 0.3) is 0 Å². The summed E-state index contributed by atoms with van der Waals surface area (Å²) in [6, 6.07) is 9.70. The second kappa shape index (κ2) is 5.03. The molecule has 2 N–H and O–H groups in total. The Hall–Kier alpha value is -1.84. The zero-order valence-electron chi connectivity index (χ0n) is 11.6. The topological polar surface area (TPSA) is 58.2 Å². The minimum Gasteiger partial charge on any atom is -0.355 e. The van der Waals surface area contributed by atoms with Crippen LogP contribution >= 0.6 is 0 Å². The predicted molar refractivity (Wildman–Crippen MR) is 73.6 cm³/mol. The SMILES string of the molecule is CC(C)(C)NC(=O)[C@H]1C(=O)NC[C@H]1c1ccccc1. The lowest BCUT2D eigenvalue weighted by Gasteiger charge is -2.24. The Labute approximate surface area is 113 Å². The Morgan fingerprint density at radius 3 is 2.47 bits per heavy atom. The molecular formula is C15H20N2O2. The van der Waals surface area contributed by atoms with Crippen molar-refractivity contribution in [3.8, 4) is 0 Å². The van der Waals surface area contributed by atoms with E-state index in [0.717, 1.165) is 5.56 Å². The van der Waals surface area contributed by atoms with Crippen LogP contribution in [-0.4, -0.2) is 23.9 Å². The molecule has 1 saturated heterocycles. The van der Waals surface area contributed by atoms with Crippen LogP contribution in [0.3, 0.4) is 0 Å². The molecule has 0 radical (unpaired) electrons. The van der Waals surface area contributed by atoms with E-state index in [1.807, 2.05) is 51.1 Å². The van der Waals surface area contributed by atoms with Crippen molar-refractivity contribution >= 4 is 11.8 Å². The third-order valence-corrected chi connectivity index (χ3v) is 3.19. The molecule has 1 heterocycles. The van der Waals surface area contributed by atoms with E-state index in [1.54, 1.807) is 0 Å². The van der Waals surface area contributed by atoms with Crippen LogP contribution in [0.5, 0.6) is 0 Å². The summed E-state index contributed by atoms with van der Waals surface area (Å²) in [4.78, 5) is 24.2. The van der Waals surface area contributed by atoms with Crippen molar-refractivity contribution in [1.29, 1.82) is 0 Å². The smallest absolute Gasteiger partial charge is 0.233 e. The molecule has 4 heteroatoms. The van der Waals surface area contributed by atoms with Gasteiger partial charge in [0.15, 0.2) is 0 Å². The highest BCUT2D eigenvalue weighted by atomic mass is 16.2. The maximum atomic E-state index is 12.3. The zero-order valence-corrected chi connectivity index (χ0v) is 11.6. The summed E-state index contributed by atoms with van der Waals surface area (Å²) in [5.74, 6) is -1.11. The predicted octanol–water partition coefficient (Wildman–Crippen LogP) is 1.43. The van der Waals surface area contributed by atoms with Gasteiger partial charge in [-0.15, -0.1) is 0 Å². The van der Waals surface area contributed by atoms with E-state index in [-0.39, 0.29) is 23.3 Å². The molecule has 0 aliphatic carbocycles. The van der Waals surface area contributed by atoms with E-state index in [1.165, 1.54) is 0 Å². The summed E-state index contributed by atoms with van der Waals surface area (Å²) in [6.45, 7) is 6.25. The average molecular weight is 260 g/mol. The molecule has 1 aliphatic heterocycles. The van der Waals surface area contributed by atoms with Crippen LogP contribution in [0, 0.1) is 5.92 Å². The molecular weight excluding hydrogens is 240 g/mol. The highest BCUT2D eigenvalue weighted by Gasteiger charge is 2.41. The van der Waals surface area contributed by atoms with Gasteiger partial charge in [-0.2, -0.15) is 0 Å². The van der Waals surface area contributed by atoms with Crippen LogP contribution in [0.2, 0.25) is 0 Å². The van der Waals surface area contributed by atoms with E-state index in [9.17, 15) is 9.59 Å². The summed E-state index contributed by atoms with van der Waals surface area (Å²) in [6.07, 6.45) is 0. The van der Waals surface area contributed by atoms with Crippen molar-refractivity contribution < 1.29 is 9.59 Å². The standard InChI is InChI=1S/C15H20N2O2/c1-15(2,3)17-14(19)12-11(9-16-13(12)18)10-7-5-4-6-8-10/h4-8,11-12H,9H2,1-3H3,(H,16,18)(H,17,19)/t11-,12+/m0/s1. The van der Waals surface area contributed by atoms with Crippen molar-refractivity contribution in [1.82, 2.24) is 10.6 Å². The molecule has 4 nitrogen and oxygen atoms in total. The lowest BCUT2D eigenvalue weighted by atomic mass is 9.87. The molecule has 2 rings (SSSR count). The van der Waals surface area contributed by atoms with Crippen molar-refractivity contribution in [3.63, 3.8) is 0 Å². The van der Waals surface area contributed by atoms with E-state index < -0.39 is 5.92 Å². The third-order valence-electron chi connectivity index (χ3n) is 3.19. The number of hydrogen-bond donors (Lipinski definition) is 2. The van der Waals surface area contributed by atoms with E-state index in [4.69, 9.17) is 0 Å². The van der Waals surface area contributed by atoms with Gasteiger partial charge in [0.1, 0.15) is 5.92 Å². The number of hydrogen-bond acceptors (Lipinski definition) is 2. The molecule has 0 unspecified atom stereocenters. The van der Waals surface area contributed by atoms with Gasteiger partial charge in [0.2, 0.25) is 11.8 Å². The molecule has 1 aromatic rings. The van der Waals surface area contributed by atoms with Crippen LogP contribution in [-0.2, 0) is 9.59 Å². The van der Waals surface area contributed by atoms with Crippen LogP contribution in [0.4, 0.5) is 0 Å². The normalized spacial score (nSPS) is 23.0. The highest BCUT2D eigenvalue weighted by Crippen LogP contribution is 2.29. The number of nitrogens with one attached hydrogen (secondary N) is 2. The summed E-state index contributed by atoms with van der Waals surface area (Å²) in [5, 5.41) is 5.68. The molecule has 1 fully saturated rings. The van der Waals surface area contributed by atoms with Gasteiger partial charge >= 0.3 is 0 Å². The largest absolute Gasteiger partial charge is 0.355 e. The monoisotopic (exact) mass is 260 g/mol. The van der Waals surface area contributed by atoms with Gasteiger partial charge in [-0.25, -0.2) is 0 Å². The molecule has 1 aliphatic rings. The summed E-state index contributed by atoms with van der Waals surface area (Å²) >= 11 is 0. The summed E-state index contributed by atoms with van der Waals surface area (Å²) < 4.78 is 0. The Morgan fingerprint density at radius 2 is 1.89 bits per heavy atom. The fourth-order valence-corrected chi connectivity index (χ4v) is 2.38. The van der Waals surface area contributed by atoms with Gasteiger partial charge in [-0.05, 0) is 26.3 Å². The zero-order chi connectivity index (χ0) is 14.0. The molecule has 0 saturated carbocycles. The molecule has 0 aromatic heterocycles. The molecule has 2 amide bonds. The first-order valence-electron chi connectivity index (χ1n) is 6.53. The fraction of sp³-hybridized carbons (Fsp3) is 0.467. The third kappa shape index (κ3) is 3.13. The first kappa shape index (κ1) is 13.6. The van der Waals surface area contributed by atoms with Crippen LogP contribution in [0.1, 0.15) is 32.3 Å². The maximum absolute atomic E-state index is 12.3. The Morgan fingerprint density at radius 1 is 1.26 bits per heavy atom. The number of rotatable bonds is 2. The van der Waals surface area contributed by atoms with Crippen LogP contribution in [0.15, 0.2) is 30.3 Å².